The number of amides is 2. The number of sulfonamides is 1. The quantitative estimate of drug-likeness (QED) is 0.587. The predicted octanol–water partition coefficient (Wildman–Crippen LogP) is 3.43. The van der Waals surface area contributed by atoms with Gasteiger partial charge in [-0.2, -0.15) is 4.31 Å². The van der Waals surface area contributed by atoms with Crippen LogP contribution in [0.25, 0.3) is 10.2 Å². The molecule has 3 aromatic rings. The van der Waals surface area contributed by atoms with Crippen molar-refractivity contribution < 1.29 is 22.4 Å². The highest BCUT2D eigenvalue weighted by Crippen LogP contribution is 2.30. The highest BCUT2D eigenvalue weighted by atomic mass is 32.2. The van der Waals surface area contributed by atoms with Gasteiger partial charge in [0.25, 0.3) is 0 Å². The minimum atomic E-state index is -3.72. The van der Waals surface area contributed by atoms with Gasteiger partial charge in [-0.1, -0.05) is 11.3 Å². The summed E-state index contributed by atoms with van der Waals surface area (Å²) in [6.07, 6.45) is 0.758. The van der Waals surface area contributed by atoms with E-state index in [9.17, 15) is 22.4 Å². The first-order chi connectivity index (χ1) is 15.2. The van der Waals surface area contributed by atoms with Crippen molar-refractivity contribution in [2.45, 2.75) is 24.7 Å². The van der Waals surface area contributed by atoms with Gasteiger partial charge < -0.3 is 10.6 Å². The number of nitrogens with zero attached hydrogens (tertiary/aromatic N) is 2. The molecule has 1 fully saturated rings. The fourth-order valence-electron chi connectivity index (χ4n) is 3.58. The van der Waals surface area contributed by atoms with Gasteiger partial charge in [-0.05, 0) is 55.3 Å². The number of thiazole rings is 1. The number of carbonyl (C=O) groups excluding carboxylic acids is 2. The van der Waals surface area contributed by atoms with Crippen LogP contribution in [0.5, 0.6) is 0 Å². The number of halogens is 1. The molecule has 0 saturated carbocycles. The summed E-state index contributed by atoms with van der Waals surface area (Å²) in [5.74, 6) is -1.21. The molecule has 2 heterocycles. The summed E-state index contributed by atoms with van der Waals surface area (Å²) in [6, 6.07) is 10.0. The van der Waals surface area contributed by atoms with Gasteiger partial charge in [0, 0.05) is 31.6 Å². The van der Waals surface area contributed by atoms with E-state index in [1.807, 2.05) is 0 Å². The Kier molecular flexibility index (Phi) is 6.22. The summed E-state index contributed by atoms with van der Waals surface area (Å²) in [7, 11) is -3.72. The fourth-order valence-corrected chi connectivity index (χ4v) is 5.96. The Morgan fingerprint density at radius 3 is 2.44 bits per heavy atom. The standard InChI is InChI=1S/C21H21FN4O4S2/c1-13(27)23-16-4-7-18-19(12-16)31-21(24-18)25-20(28)14-8-10-26(11-9-14)32(29,30)17-5-2-15(22)3-6-17/h2-7,12,14H,8-11H2,1H3,(H,23,27)(H,24,25,28). The lowest BCUT2D eigenvalue weighted by Crippen LogP contribution is -2.41. The third kappa shape index (κ3) is 4.79. The van der Waals surface area contributed by atoms with Gasteiger partial charge in [0.15, 0.2) is 5.13 Å². The predicted molar refractivity (Wildman–Crippen MR) is 120 cm³/mol. The SMILES string of the molecule is CC(=O)Nc1ccc2nc(NC(=O)C3CCN(S(=O)(=O)c4ccc(F)cc4)CC3)sc2c1. The van der Waals surface area contributed by atoms with E-state index in [2.05, 4.69) is 15.6 Å². The van der Waals surface area contributed by atoms with Crippen molar-refractivity contribution in [1.82, 2.24) is 9.29 Å². The minimum absolute atomic E-state index is 0.0370. The molecule has 0 aliphatic carbocycles. The number of carbonyl (C=O) groups is 2. The second kappa shape index (κ2) is 8.93. The number of fused-ring (bicyclic) bond motifs is 1. The lowest BCUT2D eigenvalue weighted by atomic mass is 9.97. The largest absolute Gasteiger partial charge is 0.326 e. The van der Waals surface area contributed by atoms with Crippen LogP contribution in [0.2, 0.25) is 0 Å². The molecule has 8 nitrogen and oxygen atoms in total. The summed E-state index contributed by atoms with van der Waals surface area (Å²) in [6.45, 7) is 1.84. The van der Waals surface area contributed by atoms with Gasteiger partial charge >= 0.3 is 0 Å². The molecule has 2 N–H and O–H groups in total. The van der Waals surface area contributed by atoms with E-state index in [0.29, 0.717) is 29.2 Å². The van der Waals surface area contributed by atoms with Crippen molar-refractivity contribution in [2.75, 3.05) is 23.7 Å². The maximum Gasteiger partial charge on any atom is 0.243 e. The Labute approximate surface area is 188 Å². The maximum absolute atomic E-state index is 13.1. The van der Waals surface area contributed by atoms with E-state index in [-0.39, 0.29) is 35.7 Å². The lowest BCUT2D eigenvalue weighted by Gasteiger charge is -2.30. The molecular formula is C21H21FN4O4S2. The van der Waals surface area contributed by atoms with Crippen LogP contribution >= 0.6 is 11.3 Å². The second-order valence-corrected chi connectivity index (χ2v) is 10.5. The highest BCUT2D eigenvalue weighted by Gasteiger charge is 2.32. The molecule has 0 radical (unpaired) electrons. The van der Waals surface area contributed by atoms with Crippen LogP contribution in [-0.2, 0) is 19.6 Å². The Morgan fingerprint density at radius 2 is 1.78 bits per heavy atom. The third-order valence-corrected chi connectivity index (χ3v) is 8.06. The van der Waals surface area contributed by atoms with Crippen LogP contribution in [0.15, 0.2) is 47.4 Å². The number of piperidine rings is 1. The summed E-state index contributed by atoms with van der Waals surface area (Å²) in [5, 5.41) is 5.98. The van der Waals surface area contributed by atoms with Gasteiger partial charge in [0.2, 0.25) is 21.8 Å². The molecule has 2 amide bonds. The molecule has 1 aromatic heterocycles. The number of hydrogen-bond donors (Lipinski definition) is 2. The van der Waals surface area contributed by atoms with E-state index >= 15 is 0 Å². The van der Waals surface area contributed by atoms with Crippen LogP contribution in [0.3, 0.4) is 0 Å². The number of hydrogen-bond acceptors (Lipinski definition) is 6. The molecule has 168 valence electrons. The Hall–Kier alpha value is -2.89. The Balaban J connectivity index is 1.38. The first kappa shape index (κ1) is 22.3. The van der Waals surface area contributed by atoms with Gasteiger partial charge in [-0.25, -0.2) is 17.8 Å². The van der Waals surface area contributed by atoms with E-state index < -0.39 is 15.8 Å². The van der Waals surface area contributed by atoms with Crippen molar-refractivity contribution in [2.24, 2.45) is 5.92 Å². The third-order valence-electron chi connectivity index (χ3n) is 5.22. The number of aromatic nitrogens is 1. The molecule has 0 unspecified atom stereocenters. The number of anilines is 2. The van der Waals surface area contributed by atoms with Crippen molar-refractivity contribution >= 4 is 54.2 Å². The monoisotopic (exact) mass is 476 g/mol. The molecule has 4 rings (SSSR count). The maximum atomic E-state index is 13.1. The van der Waals surface area contributed by atoms with Gasteiger partial charge in [-0.15, -0.1) is 0 Å². The number of benzene rings is 2. The van der Waals surface area contributed by atoms with Crippen LogP contribution in [0.1, 0.15) is 19.8 Å². The number of rotatable bonds is 5. The molecule has 11 heteroatoms. The van der Waals surface area contributed by atoms with E-state index in [1.165, 1.54) is 34.7 Å². The minimum Gasteiger partial charge on any atom is -0.326 e. The average Bonchev–Trinajstić information content (AvgIpc) is 3.15. The van der Waals surface area contributed by atoms with E-state index in [4.69, 9.17) is 0 Å². The zero-order valence-corrected chi connectivity index (χ0v) is 18.8. The zero-order valence-electron chi connectivity index (χ0n) is 17.2. The molecule has 32 heavy (non-hydrogen) atoms. The topological polar surface area (TPSA) is 108 Å². The van der Waals surface area contributed by atoms with Gasteiger partial charge in [-0.3, -0.25) is 9.59 Å². The average molecular weight is 477 g/mol. The van der Waals surface area contributed by atoms with Crippen molar-refractivity contribution in [3.05, 3.63) is 48.3 Å². The summed E-state index contributed by atoms with van der Waals surface area (Å²) < 4.78 is 40.7. The Morgan fingerprint density at radius 1 is 1.09 bits per heavy atom. The molecule has 1 aliphatic heterocycles. The summed E-state index contributed by atoms with van der Waals surface area (Å²) in [4.78, 5) is 28.4. The fraction of sp³-hybridized carbons (Fsp3) is 0.286. The number of nitrogens with one attached hydrogen (secondary N) is 2. The van der Waals surface area contributed by atoms with E-state index in [1.54, 1.807) is 18.2 Å². The van der Waals surface area contributed by atoms with Crippen molar-refractivity contribution in [3.63, 3.8) is 0 Å². The highest BCUT2D eigenvalue weighted by molar-refractivity contribution is 7.89. The lowest BCUT2D eigenvalue weighted by molar-refractivity contribution is -0.121. The van der Waals surface area contributed by atoms with Gasteiger partial charge in [0.1, 0.15) is 5.82 Å². The normalized spacial score (nSPS) is 15.6. The molecular weight excluding hydrogens is 455 g/mol. The molecule has 2 aromatic carbocycles. The van der Waals surface area contributed by atoms with Crippen molar-refractivity contribution in [1.29, 1.82) is 0 Å². The zero-order chi connectivity index (χ0) is 22.9. The molecule has 1 saturated heterocycles. The molecule has 1 aliphatic rings. The molecule has 0 bridgehead atoms. The van der Waals surface area contributed by atoms with Crippen LogP contribution in [0.4, 0.5) is 15.2 Å². The van der Waals surface area contributed by atoms with Crippen LogP contribution in [-0.4, -0.2) is 42.6 Å². The summed E-state index contributed by atoms with van der Waals surface area (Å²) in [5.41, 5.74) is 1.36. The second-order valence-electron chi connectivity index (χ2n) is 7.50. The van der Waals surface area contributed by atoms with Crippen LogP contribution in [0, 0.1) is 11.7 Å². The Bertz CT molecular complexity index is 1270. The first-order valence-corrected chi connectivity index (χ1v) is 12.2. The van der Waals surface area contributed by atoms with Gasteiger partial charge in [0.05, 0.1) is 15.1 Å². The van der Waals surface area contributed by atoms with E-state index in [0.717, 1.165) is 16.8 Å². The van der Waals surface area contributed by atoms with Crippen molar-refractivity contribution in [3.8, 4) is 0 Å². The first-order valence-electron chi connectivity index (χ1n) is 9.97. The van der Waals surface area contributed by atoms with Crippen LogP contribution < -0.4 is 10.6 Å². The molecule has 0 atom stereocenters. The smallest absolute Gasteiger partial charge is 0.243 e. The summed E-state index contributed by atoms with van der Waals surface area (Å²) >= 11 is 1.30. The molecule has 0 spiro atoms.